The number of hydrogen-bond donors (Lipinski definition) is 2. The number of benzene rings is 1. The predicted octanol–water partition coefficient (Wildman–Crippen LogP) is 1.32. The monoisotopic (exact) mass is 437 g/mol. The number of rotatable bonds is 3. The minimum Gasteiger partial charge on any atom is -0.503 e. The van der Waals surface area contributed by atoms with Gasteiger partial charge in [-0.1, -0.05) is 0 Å². The Kier molecular flexibility index (Phi) is 5.21. The largest absolute Gasteiger partial charge is 0.503 e. The van der Waals surface area contributed by atoms with Crippen molar-refractivity contribution in [3.8, 4) is 5.75 Å². The van der Waals surface area contributed by atoms with Crippen molar-refractivity contribution in [2.45, 2.75) is 25.6 Å². The first-order chi connectivity index (χ1) is 14.7. The Balaban J connectivity index is 1.67. The molecular weight excluding hydrogens is 419 g/mol. The molecule has 2 amide bonds. The van der Waals surface area contributed by atoms with E-state index in [4.69, 9.17) is 4.74 Å². The normalized spacial score (nSPS) is 20.3. The first kappa shape index (κ1) is 20.9. The van der Waals surface area contributed by atoms with E-state index in [1.807, 2.05) is 0 Å². The molecule has 2 bridgehead atoms. The van der Waals surface area contributed by atoms with E-state index < -0.39 is 64.2 Å². The highest BCUT2D eigenvalue weighted by molar-refractivity contribution is 5.99. The van der Waals surface area contributed by atoms with Gasteiger partial charge in [-0.15, -0.1) is 0 Å². The molecule has 2 aliphatic rings. The van der Waals surface area contributed by atoms with Crippen LogP contribution in [0.3, 0.4) is 0 Å². The van der Waals surface area contributed by atoms with E-state index in [0.717, 1.165) is 6.20 Å². The van der Waals surface area contributed by atoms with Crippen molar-refractivity contribution in [1.82, 2.24) is 14.8 Å². The van der Waals surface area contributed by atoms with Gasteiger partial charge in [0.25, 0.3) is 11.8 Å². The molecule has 8 nitrogen and oxygen atoms in total. The zero-order chi connectivity index (χ0) is 22.4. The van der Waals surface area contributed by atoms with Crippen LogP contribution in [0.4, 0.5) is 13.2 Å². The molecule has 1 saturated heterocycles. The van der Waals surface area contributed by atoms with Gasteiger partial charge in [0.15, 0.2) is 11.4 Å². The van der Waals surface area contributed by atoms with Gasteiger partial charge in [-0.3, -0.25) is 14.4 Å². The van der Waals surface area contributed by atoms with Crippen molar-refractivity contribution in [3.63, 3.8) is 0 Å². The summed E-state index contributed by atoms with van der Waals surface area (Å²) < 4.78 is 47.5. The Labute approximate surface area is 173 Å². The maximum atomic E-state index is 13.8. The number of aromatic hydroxyl groups is 1. The molecule has 1 aromatic carbocycles. The maximum Gasteiger partial charge on any atom is 0.274 e. The van der Waals surface area contributed by atoms with Crippen LogP contribution in [0.1, 0.15) is 39.4 Å². The van der Waals surface area contributed by atoms with Gasteiger partial charge in [-0.05, 0) is 6.92 Å². The number of ether oxygens (including phenoxy) is 1. The fourth-order valence-electron chi connectivity index (χ4n) is 3.80. The van der Waals surface area contributed by atoms with Crippen LogP contribution in [0.2, 0.25) is 0 Å². The number of halogens is 3. The quantitative estimate of drug-likeness (QED) is 0.755. The molecule has 0 aliphatic carbocycles. The van der Waals surface area contributed by atoms with E-state index in [1.54, 1.807) is 6.92 Å². The fraction of sp³-hybridized carbons (Fsp3) is 0.350. The molecule has 2 unspecified atom stereocenters. The topological polar surface area (TPSA) is 101 Å². The number of nitrogens with one attached hydrogen (secondary N) is 1. The van der Waals surface area contributed by atoms with Crippen molar-refractivity contribution in [3.05, 3.63) is 62.8 Å². The number of carbonyl (C=O) groups is 2. The molecule has 2 aliphatic heterocycles. The summed E-state index contributed by atoms with van der Waals surface area (Å²) in [7, 11) is 0. The summed E-state index contributed by atoms with van der Waals surface area (Å²) in [4.78, 5) is 39.4. The summed E-state index contributed by atoms with van der Waals surface area (Å²) in [6.07, 6.45) is 1.13. The molecule has 11 heteroatoms. The molecule has 1 aromatic heterocycles. The van der Waals surface area contributed by atoms with Gasteiger partial charge in [0, 0.05) is 37.0 Å². The SMILES string of the molecule is CC1COCC2CN1C(=O)c1c(O)c(=O)c(C(=O)NCc3c(F)cc(F)cc3F)cn12. The van der Waals surface area contributed by atoms with Crippen LogP contribution in [0.5, 0.6) is 5.75 Å². The zero-order valence-electron chi connectivity index (χ0n) is 16.3. The smallest absolute Gasteiger partial charge is 0.274 e. The lowest BCUT2D eigenvalue weighted by Gasteiger charge is -2.36. The highest BCUT2D eigenvalue weighted by Gasteiger charge is 2.39. The number of nitrogens with zero attached hydrogens (tertiary/aromatic N) is 2. The minimum atomic E-state index is -1.20. The Morgan fingerprint density at radius 3 is 2.58 bits per heavy atom. The third-order valence-corrected chi connectivity index (χ3v) is 5.45. The van der Waals surface area contributed by atoms with Crippen molar-refractivity contribution in [1.29, 1.82) is 0 Å². The van der Waals surface area contributed by atoms with Crippen LogP contribution >= 0.6 is 0 Å². The van der Waals surface area contributed by atoms with Crippen molar-refractivity contribution < 1.29 is 32.6 Å². The number of carbonyl (C=O) groups excluding carboxylic acids is 2. The Bertz CT molecular complexity index is 1130. The van der Waals surface area contributed by atoms with Crippen LogP contribution in [-0.4, -0.2) is 52.2 Å². The van der Waals surface area contributed by atoms with E-state index in [-0.39, 0.29) is 31.5 Å². The van der Waals surface area contributed by atoms with Gasteiger partial charge < -0.3 is 24.6 Å². The maximum absolute atomic E-state index is 13.8. The molecule has 0 radical (unpaired) electrons. The van der Waals surface area contributed by atoms with Gasteiger partial charge in [-0.25, -0.2) is 13.2 Å². The standard InChI is InChI=1S/C20H18F3N3O5/c1-9-7-31-8-11-5-25(9)20(30)16-18(28)17(27)13(6-26(11)16)19(29)24-4-12-14(22)2-10(21)3-15(12)23/h2-3,6,9,11,28H,4-5,7-8H2,1H3,(H,24,29). The first-order valence-corrected chi connectivity index (χ1v) is 9.47. The Morgan fingerprint density at radius 2 is 1.90 bits per heavy atom. The second kappa shape index (κ2) is 7.73. The lowest BCUT2D eigenvalue weighted by molar-refractivity contribution is 0.0600. The molecule has 164 valence electrons. The molecule has 2 aromatic rings. The molecule has 1 fully saturated rings. The molecule has 4 rings (SSSR count). The number of amides is 2. The van der Waals surface area contributed by atoms with Crippen LogP contribution in [0.25, 0.3) is 0 Å². The van der Waals surface area contributed by atoms with E-state index in [2.05, 4.69) is 5.32 Å². The average Bonchev–Trinajstić information content (AvgIpc) is 2.87. The molecule has 31 heavy (non-hydrogen) atoms. The van der Waals surface area contributed by atoms with Crippen molar-refractivity contribution >= 4 is 11.8 Å². The summed E-state index contributed by atoms with van der Waals surface area (Å²) in [6, 6.07) is 0.232. The summed E-state index contributed by atoms with van der Waals surface area (Å²) in [5.41, 5.74) is -2.44. The van der Waals surface area contributed by atoms with Crippen LogP contribution in [-0.2, 0) is 11.3 Å². The third-order valence-electron chi connectivity index (χ3n) is 5.45. The van der Waals surface area contributed by atoms with E-state index in [1.165, 1.54) is 9.47 Å². The highest BCUT2D eigenvalue weighted by Crippen LogP contribution is 2.29. The van der Waals surface area contributed by atoms with Gasteiger partial charge in [-0.2, -0.15) is 0 Å². The first-order valence-electron chi connectivity index (χ1n) is 9.47. The van der Waals surface area contributed by atoms with Gasteiger partial charge in [0.1, 0.15) is 23.0 Å². The lowest BCUT2D eigenvalue weighted by atomic mass is 10.1. The Hall–Kier alpha value is -3.34. The molecular formula is C20H18F3N3O5. The number of aromatic nitrogens is 1. The van der Waals surface area contributed by atoms with Gasteiger partial charge in [0.2, 0.25) is 5.43 Å². The summed E-state index contributed by atoms with van der Waals surface area (Å²) in [5, 5.41) is 12.6. The molecule has 0 saturated carbocycles. The zero-order valence-corrected chi connectivity index (χ0v) is 16.3. The number of fused-ring (bicyclic) bond motifs is 4. The lowest BCUT2D eigenvalue weighted by Crippen LogP contribution is -2.48. The molecule has 2 atom stereocenters. The van der Waals surface area contributed by atoms with E-state index >= 15 is 0 Å². The van der Waals surface area contributed by atoms with Gasteiger partial charge >= 0.3 is 0 Å². The summed E-state index contributed by atoms with van der Waals surface area (Å²) in [6.45, 7) is 1.86. The second-order valence-corrected chi connectivity index (χ2v) is 7.50. The van der Waals surface area contributed by atoms with Crippen molar-refractivity contribution in [2.24, 2.45) is 0 Å². The fourth-order valence-corrected chi connectivity index (χ4v) is 3.80. The van der Waals surface area contributed by atoms with Gasteiger partial charge in [0.05, 0.1) is 25.3 Å². The van der Waals surface area contributed by atoms with Crippen LogP contribution in [0, 0.1) is 17.5 Å². The summed E-state index contributed by atoms with van der Waals surface area (Å²) >= 11 is 0. The number of hydrogen-bond acceptors (Lipinski definition) is 5. The minimum absolute atomic E-state index is 0.191. The molecule has 2 N–H and O–H groups in total. The van der Waals surface area contributed by atoms with E-state index in [9.17, 15) is 32.7 Å². The summed E-state index contributed by atoms with van der Waals surface area (Å²) in [5.74, 6) is -5.97. The predicted molar refractivity (Wildman–Crippen MR) is 100 cm³/mol. The van der Waals surface area contributed by atoms with Crippen molar-refractivity contribution in [2.75, 3.05) is 19.8 Å². The molecule has 0 spiro atoms. The number of pyridine rings is 1. The van der Waals surface area contributed by atoms with Crippen LogP contribution < -0.4 is 10.7 Å². The van der Waals surface area contributed by atoms with E-state index in [0.29, 0.717) is 12.1 Å². The second-order valence-electron chi connectivity index (χ2n) is 7.50. The Morgan fingerprint density at radius 1 is 1.23 bits per heavy atom. The third kappa shape index (κ3) is 3.54. The van der Waals surface area contributed by atoms with Crippen LogP contribution in [0.15, 0.2) is 23.1 Å². The molecule has 3 heterocycles. The highest BCUT2D eigenvalue weighted by atomic mass is 19.1. The average molecular weight is 437 g/mol.